The van der Waals surface area contributed by atoms with E-state index in [2.05, 4.69) is 0 Å². The maximum atomic E-state index is 8.80. The molecule has 46 heavy (non-hydrogen) atoms. The average Bonchev–Trinajstić information content (AvgIpc) is 3.08. The smallest absolute Gasteiger partial charge is 0.396 e. The van der Waals surface area contributed by atoms with E-state index in [1.807, 2.05) is 0 Å². The molecule has 278 valence electrons. The summed E-state index contributed by atoms with van der Waals surface area (Å²) in [4.78, 5) is 0. The Bertz CT molecular complexity index is 534. The Hall–Kier alpha value is 0.0569. The number of aliphatic hydroxyl groups is 1. The minimum absolute atomic E-state index is 0.371. The van der Waals surface area contributed by atoms with Gasteiger partial charge in [0.2, 0.25) is 0 Å². The molecule has 0 bridgehead atoms. The maximum Gasteiger partial charge on any atom is 0.500 e. The van der Waals surface area contributed by atoms with E-state index >= 15 is 0 Å². The van der Waals surface area contributed by atoms with E-state index in [1.165, 1.54) is 218 Å². The van der Waals surface area contributed by atoms with Crippen LogP contribution in [0.4, 0.5) is 0 Å². The molecule has 0 saturated heterocycles. The fourth-order valence-electron chi connectivity index (χ4n) is 7.02. The molecule has 0 spiro atoms. The molecule has 4 nitrogen and oxygen atoms in total. The molecule has 0 rings (SSSR count). The second kappa shape index (κ2) is 39.5. The molecule has 0 aliphatic rings. The summed E-state index contributed by atoms with van der Waals surface area (Å²) in [7, 11) is 2.78. The van der Waals surface area contributed by atoms with Gasteiger partial charge in [-0.15, -0.1) is 0 Å². The largest absolute Gasteiger partial charge is 0.500 e. The van der Waals surface area contributed by atoms with Crippen LogP contribution in [0.3, 0.4) is 0 Å². The van der Waals surface area contributed by atoms with Crippen molar-refractivity contribution in [3.63, 3.8) is 0 Å². The molecule has 0 aliphatic carbocycles. The Kier molecular flexibility index (Phi) is 39.5. The highest BCUT2D eigenvalue weighted by Crippen LogP contribution is 2.20. The highest BCUT2D eigenvalue weighted by molar-refractivity contribution is 6.60. The first kappa shape index (κ1) is 46.1. The third-order valence-electron chi connectivity index (χ3n) is 10.3. The summed E-state index contributed by atoms with van der Waals surface area (Å²) in [5.74, 6) is 0. The van der Waals surface area contributed by atoms with E-state index < -0.39 is 8.80 Å². The molecular formula is C41H86O4Si. The number of hydrogen-bond acceptors (Lipinski definition) is 4. The van der Waals surface area contributed by atoms with Gasteiger partial charge in [0, 0.05) is 34.0 Å². The number of rotatable bonds is 41. The first-order chi connectivity index (χ1) is 22.7. The molecule has 0 aliphatic heterocycles. The Labute approximate surface area is 291 Å². The second-order valence-electron chi connectivity index (χ2n) is 14.5. The lowest BCUT2D eigenvalue weighted by Crippen LogP contribution is -2.42. The van der Waals surface area contributed by atoms with Crippen LogP contribution >= 0.6 is 0 Å². The van der Waals surface area contributed by atoms with Crippen molar-refractivity contribution in [3.05, 3.63) is 0 Å². The van der Waals surface area contributed by atoms with Crippen molar-refractivity contribution in [1.82, 2.24) is 0 Å². The third-order valence-corrected chi connectivity index (χ3v) is 13.2. The second-order valence-corrected chi connectivity index (χ2v) is 17.6. The monoisotopic (exact) mass is 671 g/mol. The fourth-order valence-corrected chi connectivity index (χ4v) is 8.82. The summed E-state index contributed by atoms with van der Waals surface area (Å²) in [6.07, 6.45) is 50.8. The van der Waals surface area contributed by atoms with Crippen LogP contribution in [-0.4, -0.2) is 41.8 Å². The van der Waals surface area contributed by atoms with E-state index in [-0.39, 0.29) is 0 Å². The van der Waals surface area contributed by atoms with Gasteiger partial charge in [-0.3, -0.25) is 0 Å². The van der Waals surface area contributed by atoms with Gasteiger partial charge in [0.15, 0.2) is 0 Å². The van der Waals surface area contributed by atoms with Crippen molar-refractivity contribution in [1.29, 1.82) is 0 Å². The number of hydrogen-bond donors (Lipinski definition) is 1. The molecule has 0 aromatic rings. The topological polar surface area (TPSA) is 47.9 Å². The average molecular weight is 671 g/mol. The molecule has 5 heteroatoms. The van der Waals surface area contributed by atoms with Crippen molar-refractivity contribution in [2.24, 2.45) is 0 Å². The van der Waals surface area contributed by atoms with Crippen molar-refractivity contribution < 1.29 is 18.4 Å². The van der Waals surface area contributed by atoms with Crippen molar-refractivity contribution in [2.45, 2.75) is 237 Å². The molecule has 0 radical (unpaired) electrons. The molecule has 0 saturated carbocycles. The number of aliphatic hydroxyl groups excluding tert-OH is 1. The lowest BCUT2D eigenvalue weighted by Gasteiger charge is -2.24. The van der Waals surface area contributed by atoms with E-state index in [0.29, 0.717) is 6.61 Å². The van der Waals surface area contributed by atoms with Crippen molar-refractivity contribution >= 4 is 8.80 Å². The lowest BCUT2D eigenvalue weighted by atomic mass is 10.0. The molecule has 0 unspecified atom stereocenters. The summed E-state index contributed by atoms with van der Waals surface area (Å²) < 4.78 is 16.5. The quantitative estimate of drug-likeness (QED) is 0.0519. The van der Waals surface area contributed by atoms with E-state index in [0.717, 1.165) is 18.9 Å². The SMILES string of the molecule is CO[Si](CCCCCCCCCCCCCCCCCCCCCCCCCCCCCCCCCCCCCCO)(OC)OC. The predicted molar refractivity (Wildman–Crippen MR) is 205 cm³/mol. The van der Waals surface area contributed by atoms with Crippen LogP contribution in [-0.2, 0) is 13.3 Å². The van der Waals surface area contributed by atoms with Gasteiger partial charge in [0.1, 0.15) is 0 Å². The third kappa shape index (κ3) is 33.9. The van der Waals surface area contributed by atoms with Gasteiger partial charge >= 0.3 is 8.80 Å². The molecule has 0 aromatic carbocycles. The summed E-state index contributed by atoms with van der Waals surface area (Å²) >= 11 is 0. The van der Waals surface area contributed by atoms with E-state index in [1.54, 1.807) is 21.3 Å². The molecular weight excluding hydrogens is 585 g/mol. The summed E-state index contributed by atoms with van der Waals surface area (Å²) in [5, 5.41) is 8.80. The van der Waals surface area contributed by atoms with Crippen LogP contribution in [0, 0.1) is 0 Å². The zero-order valence-corrected chi connectivity index (χ0v) is 33.0. The minimum atomic E-state index is -2.35. The van der Waals surface area contributed by atoms with Gasteiger partial charge in [0.25, 0.3) is 0 Å². The summed E-state index contributed by atoms with van der Waals surface area (Å²) in [5.41, 5.74) is 0. The Morgan fingerprint density at radius 3 is 0.565 bits per heavy atom. The van der Waals surface area contributed by atoms with Gasteiger partial charge in [-0.1, -0.05) is 218 Å². The molecule has 1 N–H and O–H groups in total. The standard InChI is InChI=1S/C41H86O4Si/c1-43-46(44-2,45-3)41-39-37-35-33-31-29-27-25-23-21-19-17-15-13-11-9-7-5-4-6-8-10-12-14-16-18-20-22-24-26-28-30-32-34-36-38-40-42/h42H,4-41H2,1-3H3. The van der Waals surface area contributed by atoms with Crippen LogP contribution in [0.5, 0.6) is 0 Å². The van der Waals surface area contributed by atoms with Crippen LogP contribution in [0.25, 0.3) is 0 Å². The van der Waals surface area contributed by atoms with Gasteiger partial charge in [-0.25, -0.2) is 0 Å². The highest BCUT2D eigenvalue weighted by Gasteiger charge is 2.36. The zero-order chi connectivity index (χ0) is 33.5. The van der Waals surface area contributed by atoms with Crippen LogP contribution < -0.4 is 0 Å². The van der Waals surface area contributed by atoms with Crippen LogP contribution in [0.2, 0.25) is 6.04 Å². The lowest BCUT2D eigenvalue weighted by molar-refractivity contribution is 0.122. The summed E-state index contributed by atoms with van der Waals surface area (Å²) in [6, 6.07) is 0.938. The van der Waals surface area contributed by atoms with Gasteiger partial charge < -0.3 is 18.4 Å². The van der Waals surface area contributed by atoms with Gasteiger partial charge in [-0.2, -0.15) is 0 Å². The van der Waals surface area contributed by atoms with Crippen LogP contribution in [0.15, 0.2) is 0 Å². The van der Waals surface area contributed by atoms with Crippen molar-refractivity contribution in [3.8, 4) is 0 Å². The molecule has 0 heterocycles. The molecule has 0 atom stereocenters. The maximum absolute atomic E-state index is 8.80. The normalized spacial score (nSPS) is 12.0. The first-order valence-corrected chi connectivity index (χ1v) is 22.9. The molecule has 0 fully saturated rings. The van der Waals surface area contributed by atoms with Gasteiger partial charge in [-0.05, 0) is 12.8 Å². The Balaban J connectivity index is 3.11. The highest BCUT2D eigenvalue weighted by atomic mass is 28.4. The predicted octanol–water partition coefficient (Wildman–Crippen LogP) is 13.9. The first-order valence-electron chi connectivity index (χ1n) is 21.0. The van der Waals surface area contributed by atoms with Crippen molar-refractivity contribution in [2.75, 3.05) is 27.9 Å². The van der Waals surface area contributed by atoms with E-state index in [9.17, 15) is 0 Å². The van der Waals surface area contributed by atoms with Gasteiger partial charge in [0.05, 0.1) is 0 Å². The van der Waals surface area contributed by atoms with Crippen LogP contribution in [0.1, 0.15) is 231 Å². The number of unbranched alkanes of at least 4 members (excludes halogenated alkanes) is 35. The summed E-state index contributed by atoms with van der Waals surface area (Å²) in [6.45, 7) is 0.371. The molecule has 0 aromatic heterocycles. The fraction of sp³-hybridized carbons (Fsp3) is 1.00. The molecule has 0 amide bonds. The zero-order valence-electron chi connectivity index (χ0n) is 32.0. The Morgan fingerprint density at radius 1 is 0.261 bits per heavy atom. The van der Waals surface area contributed by atoms with E-state index in [4.69, 9.17) is 18.4 Å². The Morgan fingerprint density at radius 2 is 0.413 bits per heavy atom. The minimum Gasteiger partial charge on any atom is -0.396 e.